The van der Waals surface area contributed by atoms with Crippen molar-refractivity contribution in [2.45, 2.75) is 134 Å². The zero-order chi connectivity index (χ0) is 38.7. The van der Waals surface area contributed by atoms with Gasteiger partial charge in [-0.3, -0.25) is 4.79 Å². The molecule has 1 saturated carbocycles. The number of aromatic amines is 1. The molecule has 10 nitrogen and oxygen atoms in total. The number of carboxylic acids is 1. The average Bonchev–Trinajstić information content (AvgIpc) is 3.74. The number of aliphatic carboxylic acids is 1. The second-order valence-corrected chi connectivity index (χ2v) is 16.5. The Bertz CT molecular complexity index is 1570. The lowest BCUT2D eigenvalue weighted by atomic mass is 9.79. The molecule has 2 heterocycles. The first-order valence-corrected chi connectivity index (χ1v) is 20.5. The minimum atomic E-state index is -1.32. The van der Waals surface area contributed by atoms with Gasteiger partial charge in [0.15, 0.2) is 0 Å². The Kier molecular flexibility index (Phi) is 15.3. The van der Waals surface area contributed by atoms with Crippen LogP contribution in [0.2, 0.25) is 0 Å². The molecule has 9 atom stereocenters. The number of carboxylic acid groups (broad SMARTS) is 1. The molecule has 2 aliphatic carbocycles. The maximum absolute atomic E-state index is 12.4. The summed E-state index contributed by atoms with van der Waals surface area (Å²) in [5.74, 6) is -1.05. The molecule has 54 heavy (non-hydrogen) atoms. The molecule has 2 aromatic rings. The van der Waals surface area contributed by atoms with Crippen LogP contribution in [0.4, 0.5) is 0 Å². The number of benzene rings is 1. The number of nitrogens with two attached hydrogens (primary N) is 1. The van der Waals surface area contributed by atoms with Gasteiger partial charge in [0, 0.05) is 30.3 Å². The maximum atomic E-state index is 12.4. The van der Waals surface area contributed by atoms with E-state index in [0.29, 0.717) is 62.5 Å². The summed E-state index contributed by atoms with van der Waals surface area (Å²) in [4.78, 5) is 15.6. The van der Waals surface area contributed by atoms with Crippen molar-refractivity contribution >= 4 is 5.97 Å². The fourth-order valence-corrected chi connectivity index (χ4v) is 9.21. The number of carbonyl (C=O) groups is 1. The van der Waals surface area contributed by atoms with Crippen molar-refractivity contribution in [3.63, 3.8) is 0 Å². The van der Waals surface area contributed by atoms with Crippen LogP contribution in [0, 0.1) is 29.6 Å². The second kappa shape index (κ2) is 19.8. The van der Waals surface area contributed by atoms with Crippen molar-refractivity contribution in [3.05, 3.63) is 89.0 Å². The molecule has 9 unspecified atom stereocenters. The zero-order valence-electron chi connectivity index (χ0n) is 32.1. The number of aliphatic hydroxyl groups is 4. The van der Waals surface area contributed by atoms with Crippen molar-refractivity contribution in [1.82, 2.24) is 10.3 Å². The summed E-state index contributed by atoms with van der Waals surface area (Å²) in [6.45, 7) is 2.83. The molecular formula is C44H65N3O7. The first-order valence-electron chi connectivity index (χ1n) is 20.5. The molecule has 1 aromatic carbocycles. The Hall–Kier alpha value is -3.57. The number of allylic oxidation sites excluding steroid dienone is 3. The van der Waals surface area contributed by atoms with E-state index in [1.54, 1.807) is 12.1 Å². The Balaban J connectivity index is 1.16. The van der Waals surface area contributed by atoms with Gasteiger partial charge in [0.2, 0.25) is 0 Å². The highest BCUT2D eigenvalue weighted by Gasteiger charge is 2.50. The highest BCUT2D eigenvalue weighted by Crippen LogP contribution is 2.50. The lowest BCUT2D eigenvalue weighted by Gasteiger charge is -2.34. The SMILES string of the molecule is CCCCCC1C=CC(CCCCCC(C(=O)O)C(O)CCC2(O)CC(CC3=CCNC(N)=C3)CC2C(O)c2cc(Cc3ccc(O)cc3)c[nH]2)C(O)C1. The molecule has 0 saturated heterocycles. The van der Waals surface area contributed by atoms with E-state index in [4.69, 9.17) is 5.73 Å². The van der Waals surface area contributed by atoms with Crippen LogP contribution in [-0.4, -0.2) is 65.9 Å². The van der Waals surface area contributed by atoms with Crippen molar-refractivity contribution in [2.75, 3.05) is 6.54 Å². The summed E-state index contributed by atoms with van der Waals surface area (Å²) < 4.78 is 0. The molecule has 0 bridgehead atoms. The minimum absolute atomic E-state index is 0.0614. The fraction of sp³-hybridized carbons (Fsp3) is 0.614. The third-order valence-corrected chi connectivity index (χ3v) is 12.3. The lowest BCUT2D eigenvalue weighted by Crippen LogP contribution is -2.39. The number of hydrogen-bond acceptors (Lipinski definition) is 8. The molecule has 5 rings (SSSR count). The number of phenols is 1. The molecular weight excluding hydrogens is 682 g/mol. The van der Waals surface area contributed by atoms with Gasteiger partial charge in [-0.2, -0.15) is 0 Å². The normalized spacial score (nSPS) is 27.2. The Labute approximate surface area is 321 Å². The topological polar surface area (TPSA) is 192 Å². The fourth-order valence-electron chi connectivity index (χ4n) is 9.21. The van der Waals surface area contributed by atoms with E-state index in [1.807, 2.05) is 30.5 Å². The number of aromatic hydroxyl groups is 1. The van der Waals surface area contributed by atoms with Gasteiger partial charge in [0.05, 0.1) is 35.7 Å². The third-order valence-electron chi connectivity index (χ3n) is 12.3. The number of H-pyrrole nitrogens is 1. The number of phenolic OH excluding ortho intramolecular Hbond substituents is 1. The number of hydrogen-bond donors (Lipinski definition) is 9. The van der Waals surface area contributed by atoms with E-state index < -0.39 is 35.6 Å². The van der Waals surface area contributed by atoms with Crippen LogP contribution in [0.3, 0.4) is 0 Å². The van der Waals surface area contributed by atoms with Gasteiger partial charge in [0.25, 0.3) is 0 Å². The summed E-state index contributed by atoms with van der Waals surface area (Å²) in [6, 6.07) is 8.92. The zero-order valence-corrected chi connectivity index (χ0v) is 32.1. The van der Waals surface area contributed by atoms with Gasteiger partial charge in [-0.15, -0.1) is 0 Å². The van der Waals surface area contributed by atoms with Gasteiger partial charge in [-0.05, 0) is 117 Å². The number of dihydropyridines is 1. The Morgan fingerprint density at radius 1 is 1.00 bits per heavy atom. The first-order chi connectivity index (χ1) is 25.9. The molecule has 1 aliphatic heterocycles. The summed E-state index contributed by atoms with van der Waals surface area (Å²) in [6.07, 6.45) is 19.6. The van der Waals surface area contributed by atoms with Crippen LogP contribution in [0.15, 0.2) is 72.2 Å². The maximum Gasteiger partial charge on any atom is 0.309 e. The Morgan fingerprint density at radius 2 is 1.78 bits per heavy atom. The van der Waals surface area contributed by atoms with E-state index in [1.165, 1.54) is 19.3 Å². The first kappa shape index (κ1) is 41.6. The van der Waals surface area contributed by atoms with Gasteiger partial charge < -0.3 is 46.7 Å². The van der Waals surface area contributed by atoms with Crippen LogP contribution >= 0.6 is 0 Å². The number of aliphatic hydroxyl groups excluding tert-OH is 3. The quantitative estimate of drug-likeness (QED) is 0.0491. The average molecular weight is 748 g/mol. The molecule has 10 N–H and O–H groups in total. The molecule has 1 fully saturated rings. The van der Waals surface area contributed by atoms with Crippen LogP contribution < -0.4 is 11.1 Å². The molecule has 1 aromatic heterocycles. The largest absolute Gasteiger partial charge is 0.508 e. The number of nitrogens with one attached hydrogen (secondary N) is 2. The van der Waals surface area contributed by atoms with Crippen molar-refractivity contribution < 1.29 is 35.4 Å². The van der Waals surface area contributed by atoms with Crippen LogP contribution in [0.25, 0.3) is 0 Å². The van der Waals surface area contributed by atoms with Crippen molar-refractivity contribution in [3.8, 4) is 5.75 Å². The summed E-state index contributed by atoms with van der Waals surface area (Å²) in [7, 11) is 0. The number of rotatable bonds is 21. The van der Waals surface area contributed by atoms with Gasteiger partial charge in [-0.1, -0.05) is 75.8 Å². The summed E-state index contributed by atoms with van der Waals surface area (Å²) in [5, 5.41) is 68.9. The molecule has 10 heteroatoms. The van der Waals surface area contributed by atoms with E-state index in [-0.39, 0.29) is 36.5 Å². The number of unbranched alkanes of at least 4 members (excludes halogenated alkanes) is 4. The molecule has 0 spiro atoms. The van der Waals surface area contributed by atoms with E-state index in [2.05, 4.69) is 35.5 Å². The van der Waals surface area contributed by atoms with Gasteiger partial charge in [-0.25, -0.2) is 0 Å². The van der Waals surface area contributed by atoms with E-state index in [9.17, 15) is 35.4 Å². The highest BCUT2D eigenvalue weighted by molar-refractivity contribution is 5.70. The van der Waals surface area contributed by atoms with Gasteiger partial charge in [0.1, 0.15) is 5.75 Å². The highest BCUT2D eigenvalue weighted by atomic mass is 16.4. The second-order valence-electron chi connectivity index (χ2n) is 16.5. The molecule has 298 valence electrons. The number of aromatic nitrogens is 1. The molecule has 0 radical (unpaired) electrons. The summed E-state index contributed by atoms with van der Waals surface area (Å²) >= 11 is 0. The predicted octanol–water partition coefficient (Wildman–Crippen LogP) is 6.75. The lowest BCUT2D eigenvalue weighted by molar-refractivity contribution is -0.147. The van der Waals surface area contributed by atoms with E-state index in [0.717, 1.165) is 48.8 Å². The third kappa shape index (κ3) is 11.7. The standard InChI is InChI=1S/C44H65N3O7/c1-2-3-5-8-29-11-14-34(40(50)25-29)9-6-4-7-10-36(43(52)53)39(49)17-19-44(54)27-32(22-31-18-20-46-41(45)26-31)23-37(44)42(51)38-24-33(28-47-38)21-30-12-15-35(48)16-13-30/h11-16,18,24,26,28-29,32,34,36-37,39-40,42,46-51,54H,2-10,17,19-23,25,27,45H2,1H3,(H,52,53). The van der Waals surface area contributed by atoms with Crippen LogP contribution in [0.5, 0.6) is 5.75 Å². The van der Waals surface area contributed by atoms with Gasteiger partial charge >= 0.3 is 5.97 Å². The van der Waals surface area contributed by atoms with Crippen molar-refractivity contribution in [1.29, 1.82) is 0 Å². The molecule has 3 aliphatic rings. The van der Waals surface area contributed by atoms with Crippen LogP contribution in [0.1, 0.15) is 126 Å². The minimum Gasteiger partial charge on any atom is -0.508 e. The smallest absolute Gasteiger partial charge is 0.309 e. The van der Waals surface area contributed by atoms with Crippen molar-refractivity contribution in [2.24, 2.45) is 35.3 Å². The van der Waals surface area contributed by atoms with E-state index >= 15 is 0 Å². The predicted molar refractivity (Wildman–Crippen MR) is 211 cm³/mol. The summed E-state index contributed by atoms with van der Waals surface area (Å²) in [5.41, 5.74) is 8.37. The van der Waals surface area contributed by atoms with Crippen LogP contribution in [-0.2, 0) is 11.2 Å². The monoisotopic (exact) mass is 747 g/mol. The molecule has 0 amide bonds. The Morgan fingerprint density at radius 3 is 2.50 bits per heavy atom.